The highest BCUT2D eigenvalue weighted by molar-refractivity contribution is 5.93. The van der Waals surface area contributed by atoms with Crippen molar-refractivity contribution in [1.29, 1.82) is 0 Å². The highest BCUT2D eigenvalue weighted by atomic mass is 16.5. The van der Waals surface area contributed by atoms with E-state index in [-0.39, 0.29) is 5.60 Å². The minimum atomic E-state index is -0.0948. The zero-order valence-corrected chi connectivity index (χ0v) is 13.5. The molecule has 120 valence electrons. The number of aryl methyl sites for hydroxylation is 1. The SMILES string of the molecule is COC1(CN=C(N)Nc2cccc3c2CCCC3)CCCC1. The Morgan fingerprint density at radius 2 is 2.00 bits per heavy atom. The van der Waals surface area contributed by atoms with Crippen molar-refractivity contribution in [2.45, 2.75) is 57.0 Å². The molecule has 1 fully saturated rings. The number of nitrogens with one attached hydrogen (secondary N) is 1. The van der Waals surface area contributed by atoms with Gasteiger partial charge >= 0.3 is 0 Å². The number of nitrogens with zero attached hydrogens (tertiary/aromatic N) is 1. The molecule has 4 nitrogen and oxygen atoms in total. The van der Waals surface area contributed by atoms with E-state index in [1.165, 1.54) is 43.2 Å². The van der Waals surface area contributed by atoms with Crippen molar-refractivity contribution in [3.05, 3.63) is 29.3 Å². The molecule has 0 aliphatic heterocycles. The summed E-state index contributed by atoms with van der Waals surface area (Å²) < 4.78 is 5.70. The van der Waals surface area contributed by atoms with Crippen LogP contribution in [0.1, 0.15) is 49.7 Å². The van der Waals surface area contributed by atoms with Gasteiger partial charge in [-0.25, -0.2) is 0 Å². The normalized spacial score (nSPS) is 20.7. The number of hydrogen-bond acceptors (Lipinski definition) is 2. The number of hydrogen-bond donors (Lipinski definition) is 2. The first-order chi connectivity index (χ1) is 10.7. The second-order valence-corrected chi connectivity index (χ2v) is 6.57. The van der Waals surface area contributed by atoms with Gasteiger partial charge in [0.15, 0.2) is 5.96 Å². The minimum absolute atomic E-state index is 0.0948. The van der Waals surface area contributed by atoms with E-state index >= 15 is 0 Å². The fourth-order valence-electron chi connectivity index (χ4n) is 3.75. The number of rotatable bonds is 4. The lowest BCUT2D eigenvalue weighted by molar-refractivity contribution is 0.00429. The van der Waals surface area contributed by atoms with Crippen LogP contribution in [-0.2, 0) is 17.6 Å². The van der Waals surface area contributed by atoms with E-state index in [4.69, 9.17) is 10.5 Å². The Hall–Kier alpha value is -1.55. The van der Waals surface area contributed by atoms with E-state index in [2.05, 4.69) is 28.5 Å². The molecule has 0 bridgehead atoms. The molecule has 22 heavy (non-hydrogen) atoms. The molecule has 4 heteroatoms. The van der Waals surface area contributed by atoms with Crippen molar-refractivity contribution < 1.29 is 4.74 Å². The van der Waals surface area contributed by atoms with Gasteiger partial charge in [0.25, 0.3) is 0 Å². The van der Waals surface area contributed by atoms with Crippen LogP contribution in [-0.4, -0.2) is 25.2 Å². The maximum absolute atomic E-state index is 6.11. The topological polar surface area (TPSA) is 59.6 Å². The van der Waals surface area contributed by atoms with Crippen LogP contribution in [0.25, 0.3) is 0 Å². The summed E-state index contributed by atoms with van der Waals surface area (Å²) in [4.78, 5) is 4.55. The Balaban J connectivity index is 1.69. The van der Waals surface area contributed by atoms with Crippen molar-refractivity contribution in [3.63, 3.8) is 0 Å². The Morgan fingerprint density at radius 3 is 2.77 bits per heavy atom. The van der Waals surface area contributed by atoms with Gasteiger partial charge in [-0.15, -0.1) is 0 Å². The zero-order chi connectivity index (χ0) is 15.4. The smallest absolute Gasteiger partial charge is 0.193 e. The first-order valence-corrected chi connectivity index (χ1v) is 8.45. The molecule has 1 aromatic carbocycles. The van der Waals surface area contributed by atoms with Crippen LogP contribution in [0.2, 0.25) is 0 Å². The number of ether oxygens (including phenoxy) is 1. The molecule has 2 aliphatic carbocycles. The molecule has 0 unspecified atom stereocenters. The maximum atomic E-state index is 6.11. The number of aliphatic imine (C=N–C) groups is 1. The van der Waals surface area contributed by atoms with E-state index in [1.54, 1.807) is 7.11 Å². The summed E-state index contributed by atoms with van der Waals surface area (Å²) in [5.74, 6) is 0.502. The van der Waals surface area contributed by atoms with E-state index < -0.39 is 0 Å². The molecule has 0 aromatic heterocycles. The number of anilines is 1. The zero-order valence-electron chi connectivity index (χ0n) is 13.5. The van der Waals surface area contributed by atoms with E-state index in [0.717, 1.165) is 24.9 Å². The molecule has 3 rings (SSSR count). The van der Waals surface area contributed by atoms with Gasteiger partial charge in [0.05, 0.1) is 12.1 Å². The van der Waals surface area contributed by atoms with Gasteiger partial charge < -0.3 is 15.8 Å². The van der Waals surface area contributed by atoms with Gasteiger partial charge in [-0.1, -0.05) is 25.0 Å². The molecule has 0 amide bonds. The molecule has 0 saturated heterocycles. The number of benzene rings is 1. The molecule has 1 aromatic rings. The summed E-state index contributed by atoms with van der Waals surface area (Å²) in [6, 6.07) is 6.44. The molecular formula is C18H27N3O. The summed E-state index contributed by atoms with van der Waals surface area (Å²) >= 11 is 0. The lowest BCUT2D eigenvalue weighted by atomic mass is 9.90. The summed E-state index contributed by atoms with van der Waals surface area (Å²) in [7, 11) is 1.79. The molecule has 0 heterocycles. The molecule has 2 aliphatic rings. The summed E-state index contributed by atoms with van der Waals surface area (Å²) in [6.07, 6.45) is 9.47. The summed E-state index contributed by atoms with van der Waals surface area (Å²) in [6.45, 7) is 0.650. The predicted molar refractivity (Wildman–Crippen MR) is 91.4 cm³/mol. The van der Waals surface area contributed by atoms with Crippen LogP contribution >= 0.6 is 0 Å². The van der Waals surface area contributed by atoms with E-state index in [0.29, 0.717) is 12.5 Å². The van der Waals surface area contributed by atoms with E-state index in [9.17, 15) is 0 Å². The Morgan fingerprint density at radius 1 is 1.23 bits per heavy atom. The number of nitrogens with two attached hydrogens (primary N) is 1. The molecule has 0 atom stereocenters. The largest absolute Gasteiger partial charge is 0.376 e. The number of guanidine groups is 1. The monoisotopic (exact) mass is 301 g/mol. The van der Waals surface area contributed by atoms with Crippen LogP contribution in [0, 0.1) is 0 Å². The molecule has 3 N–H and O–H groups in total. The predicted octanol–water partition coefficient (Wildman–Crippen LogP) is 3.25. The van der Waals surface area contributed by atoms with Crippen LogP contribution < -0.4 is 11.1 Å². The number of methoxy groups -OCH3 is 1. The van der Waals surface area contributed by atoms with E-state index in [1.807, 2.05) is 0 Å². The first-order valence-electron chi connectivity index (χ1n) is 8.45. The van der Waals surface area contributed by atoms with Crippen molar-refractivity contribution in [2.24, 2.45) is 10.7 Å². The number of fused-ring (bicyclic) bond motifs is 1. The van der Waals surface area contributed by atoms with Crippen molar-refractivity contribution in [2.75, 3.05) is 19.0 Å². The van der Waals surface area contributed by atoms with Crippen molar-refractivity contribution >= 4 is 11.6 Å². The standard InChI is InChI=1S/C18H27N3O/c1-22-18(11-4-5-12-18)13-20-17(19)21-16-10-6-8-14-7-2-3-9-15(14)16/h6,8,10H,2-5,7,9,11-13H2,1H3,(H3,19,20,21). The van der Waals surface area contributed by atoms with Crippen LogP contribution in [0.4, 0.5) is 5.69 Å². The van der Waals surface area contributed by atoms with Gasteiger partial charge in [0.1, 0.15) is 0 Å². The van der Waals surface area contributed by atoms with Gasteiger partial charge in [0.2, 0.25) is 0 Å². The molecule has 1 saturated carbocycles. The summed E-state index contributed by atoms with van der Waals surface area (Å²) in [5, 5.41) is 3.31. The fourth-order valence-corrected chi connectivity index (χ4v) is 3.75. The second-order valence-electron chi connectivity index (χ2n) is 6.57. The second kappa shape index (κ2) is 6.69. The Labute approximate surface area is 133 Å². The van der Waals surface area contributed by atoms with Crippen LogP contribution in [0.3, 0.4) is 0 Å². The van der Waals surface area contributed by atoms with Gasteiger partial charge in [-0.3, -0.25) is 4.99 Å². The Bertz CT molecular complexity index is 547. The minimum Gasteiger partial charge on any atom is -0.376 e. The van der Waals surface area contributed by atoms with Gasteiger partial charge in [-0.2, -0.15) is 0 Å². The lowest BCUT2D eigenvalue weighted by Crippen LogP contribution is -2.34. The lowest BCUT2D eigenvalue weighted by Gasteiger charge is -2.25. The summed E-state index contributed by atoms with van der Waals surface area (Å²) in [5.41, 5.74) is 10.0. The van der Waals surface area contributed by atoms with Crippen molar-refractivity contribution in [1.82, 2.24) is 0 Å². The molecule has 0 spiro atoms. The van der Waals surface area contributed by atoms with Crippen LogP contribution in [0.5, 0.6) is 0 Å². The fraction of sp³-hybridized carbons (Fsp3) is 0.611. The molecule has 0 radical (unpaired) electrons. The highest BCUT2D eigenvalue weighted by Gasteiger charge is 2.33. The third-order valence-corrected chi connectivity index (χ3v) is 5.14. The quantitative estimate of drug-likeness (QED) is 0.663. The maximum Gasteiger partial charge on any atom is 0.193 e. The third kappa shape index (κ3) is 3.27. The third-order valence-electron chi connectivity index (χ3n) is 5.14. The Kier molecular flexibility index (Phi) is 4.67. The average molecular weight is 301 g/mol. The highest BCUT2D eigenvalue weighted by Crippen LogP contribution is 2.33. The van der Waals surface area contributed by atoms with Gasteiger partial charge in [-0.05, 0) is 55.7 Å². The van der Waals surface area contributed by atoms with Crippen molar-refractivity contribution in [3.8, 4) is 0 Å². The van der Waals surface area contributed by atoms with Crippen LogP contribution in [0.15, 0.2) is 23.2 Å². The average Bonchev–Trinajstić information content (AvgIpc) is 3.03. The van der Waals surface area contributed by atoms with Gasteiger partial charge in [0, 0.05) is 12.8 Å². The molecular weight excluding hydrogens is 274 g/mol. The first kappa shape index (κ1) is 15.3.